The Kier molecular flexibility index (Phi) is 2.96. The molecule has 0 saturated heterocycles. The summed E-state index contributed by atoms with van der Waals surface area (Å²) in [5, 5.41) is -3.81. The lowest BCUT2D eigenvalue weighted by Gasteiger charge is -2.21. The van der Waals surface area contributed by atoms with Crippen molar-refractivity contribution in [3.8, 4) is 39.3 Å². The third-order valence-electron chi connectivity index (χ3n) is 9.62. The van der Waals surface area contributed by atoms with Crippen molar-refractivity contribution in [2.24, 2.45) is 0 Å². The molecule has 0 unspecified atom stereocenters. The number of para-hydroxylation sites is 6. The number of hydrogen-bond acceptors (Lipinski definition) is 0. The molecule has 3 heteroatoms. The van der Waals surface area contributed by atoms with Crippen LogP contribution in [0.4, 0.5) is 0 Å². The molecule has 9 aromatic carbocycles. The van der Waals surface area contributed by atoms with Gasteiger partial charge in [-0.15, -0.1) is 0 Å². The molecule has 0 spiro atoms. The molecule has 12 aromatic rings. The van der Waals surface area contributed by atoms with Gasteiger partial charge in [0.1, 0.15) is 0 Å². The Labute approximate surface area is 374 Å². The standard InChI is InChI=1S/C54H35N3/c1-3-17-36(18-4-1)39-25-15-26-40(37-19-5-2-6-20-37)53(39)57-50-31-14-10-24-44(50)46-27-16-32-51(54(46)57)56-49-30-13-9-23-43(49)45-34-33-38(35-52(45)56)55-47-28-11-7-21-41(47)42-22-8-12-29-48(42)55/h1-35H/i1D,2D,3D,4D,5D,6D,7D,8D,9D,10D,11D,12D,13D,14D,16D,17D,18D,19D,20D,21D,22D,23D,24D,27D,28D,29D,30D,31D,32D,33D,34D,35D. The molecule has 3 nitrogen and oxygen atoms in total. The van der Waals surface area contributed by atoms with Crippen LogP contribution in [0.5, 0.6) is 0 Å². The van der Waals surface area contributed by atoms with E-state index in [4.69, 9.17) is 21.9 Å². The van der Waals surface area contributed by atoms with Gasteiger partial charge in [-0.05, 0) is 53.4 Å². The Morgan fingerprint density at radius 1 is 0.333 bits per heavy atom. The maximum Gasteiger partial charge on any atom is 0.0782 e. The Hall–Kier alpha value is -7.62. The molecular formula is C54H35N3. The van der Waals surface area contributed by atoms with Gasteiger partial charge in [0.25, 0.3) is 0 Å². The largest absolute Gasteiger partial charge is 0.309 e. The number of nitrogens with zero attached hydrogens (tertiary/aromatic N) is 3. The maximum atomic E-state index is 10.4. The van der Waals surface area contributed by atoms with Crippen LogP contribution in [0.1, 0.15) is 43.9 Å². The minimum absolute atomic E-state index is 0.517. The molecule has 266 valence electrons. The average molecular weight is 758 g/mol. The van der Waals surface area contributed by atoms with Crippen LogP contribution in [-0.2, 0) is 0 Å². The second-order valence-corrected chi connectivity index (χ2v) is 12.5. The van der Waals surface area contributed by atoms with Crippen LogP contribution in [0.15, 0.2) is 212 Å². The van der Waals surface area contributed by atoms with Gasteiger partial charge in [-0.2, -0.15) is 0 Å². The second kappa shape index (κ2) is 12.5. The summed E-state index contributed by atoms with van der Waals surface area (Å²) >= 11 is 0. The van der Waals surface area contributed by atoms with E-state index >= 15 is 0 Å². The predicted octanol–water partition coefficient (Wildman–Crippen LogP) is 14.3. The molecule has 0 aliphatic heterocycles. The van der Waals surface area contributed by atoms with E-state index in [1.807, 2.05) is 0 Å². The van der Waals surface area contributed by atoms with Crippen molar-refractivity contribution >= 4 is 65.4 Å². The summed E-state index contributed by atoms with van der Waals surface area (Å²) in [6.07, 6.45) is 0. The molecule has 57 heavy (non-hydrogen) atoms. The molecule has 0 saturated carbocycles. The lowest BCUT2D eigenvalue weighted by atomic mass is 9.95. The van der Waals surface area contributed by atoms with Crippen LogP contribution >= 0.6 is 0 Å². The minimum Gasteiger partial charge on any atom is -0.309 e. The van der Waals surface area contributed by atoms with E-state index in [2.05, 4.69) is 0 Å². The molecule has 0 N–H and O–H groups in total. The molecule has 0 amide bonds. The van der Waals surface area contributed by atoms with Crippen molar-refractivity contribution in [1.82, 2.24) is 13.7 Å². The number of benzene rings is 9. The average Bonchev–Trinajstić information content (AvgIpc) is 1.54. The lowest BCUT2D eigenvalue weighted by Crippen LogP contribution is -2.04. The topological polar surface area (TPSA) is 14.8 Å². The number of hydrogen-bond donors (Lipinski definition) is 0. The van der Waals surface area contributed by atoms with Gasteiger partial charge < -0.3 is 13.7 Å². The minimum atomic E-state index is -1.14. The van der Waals surface area contributed by atoms with Gasteiger partial charge in [-0.1, -0.05) is 169 Å². The van der Waals surface area contributed by atoms with Gasteiger partial charge >= 0.3 is 0 Å². The first kappa shape index (κ1) is 13.5. The van der Waals surface area contributed by atoms with E-state index in [1.165, 1.54) is 6.07 Å². The molecular weight excluding hydrogens is 691 g/mol. The first-order chi connectivity index (χ1) is 41.6. The summed E-state index contributed by atoms with van der Waals surface area (Å²) in [7, 11) is 0. The normalized spacial score (nSPS) is 19.7. The lowest BCUT2D eigenvalue weighted by molar-refractivity contribution is 1.13. The second-order valence-electron chi connectivity index (χ2n) is 12.5. The van der Waals surface area contributed by atoms with Gasteiger partial charge in [0.2, 0.25) is 0 Å². The Morgan fingerprint density at radius 3 is 1.33 bits per heavy atom. The number of aromatic nitrogens is 3. The molecule has 3 aromatic heterocycles. The molecule has 0 atom stereocenters. The van der Waals surface area contributed by atoms with Crippen molar-refractivity contribution in [1.29, 1.82) is 0 Å². The van der Waals surface area contributed by atoms with Crippen LogP contribution in [-0.4, -0.2) is 13.7 Å². The van der Waals surface area contributed by atoms with Crippen molar-refractivity contribution in [2.45, 2.75) is 0 Å². The monoisotopic (exact) mass is 757 g/mol. The third-order valence-corrected chi connectivity index (χ3v) is 9.62. The van der Waals surface area contributed by atoms with Crippen molar-refractivity contribution < 1.29 is 43.9 Å². The van der Waals surface area contributed by atoms with Crippen molar-refractivity contribution in [2.75, 3.05) is 0 Å². The van der Waals surface area contributed by atoms with E-state index in [-0.39, 0.29) is 0 Å². The summed E-state index contributed by atoms with van der Waals surface area (Å²) in [5.41, 5.74) is -9.29. The van der Waals surface area contributed by atoms with Crippen molar-refractivity contribution in [3.05, 3.63) is 212 Å². The maximum absolute atomic E-state index is 10.4. The quantitative estimate of drug-likeness (QED) is 0.166. The highest BCUT2D eigenvalue weighted by atomic mass is 15.1. The molecule has 12 rings (SSSR count). The van der Waals surface area contributed by atoms with Crippen LogP contribution in [0.2, 0.25) is 0 Å². The summed E-state index contributed by atoms with van der Waals surface area (Å²) in [6, 6.07) is -27.1. The Bertz CT molecular complexity index is 5180. The van der Waals surface area contributed by atoms with Gasteiger partial charge in [-0.25, -0.2) is 0 Å². The zero-order valence-corrected chi connectivity index (χ0v) is 28.6. The molecule has 0 aliphatic rings. The van der Waals surface area contributed by atoms with E-state index < -0.39 is 298 Å². The number of fused-ring (bicyclic) bond motifs is 9. The van der Waals surface area contributed by atoms with Gasteiger partial charge in [0.15, 0.2) is 0 Å². The first-order valence-corrected chi connectivity index (χ1v) is 17.0. The zero-order valence-electron chi connectivity index (χ0n) is 60.6. The fraction of sp³-hybridized carbons (Fsp3) is 0. The molecule has 0 bridgehead atoms. The molecule has 0 fully saturated rings. The summed E-state index contributed by atoms with van der Waals surface area (Å²) < 4.78 is 297. The van der Waals surface area contributed by atoms with Gasteiger partial charge in [-0.3, -0.25) is 0 Å². The fourth-order valence-electron chi connectivity index (χ4n) is 7.38. The van der Waals surface area contributed by atoms with Crippen LogP contribution in [0.25, 0.3) is 105 Å². The predicted molar refractivity (Wildman–Crippen MR) is 240 cm³/mol. The zero-order chi connectivity index (χ0) is 65.3. The molecule has 0 aliphatic carbocycles. The highest BCUT2D eigenvalue weighted by molar-refractivity contribution is 6.16. The highest BCUT2D eigenvalue weighted by Gasteiger charge is 2.24. The highest BCUT2D eigenvalue weighted by Crippen LogP contribution is 2.45. The van der Waals surface area contributed by atoms with Gasteiger partial charge in [0.05, 0.1) is 88.3 Å². The summed E-state index contributed by atoms with van der Waals surface area (Å²) in [4.78, 5) is 0. The summed E-state index contributed by atoms with van der Waals surface area (Å²) in [6.45, 7) is 0. The Morgan fingerprint density at radius 2 is 0.772 bits per heavy atom. The SMILES string of the molecule is [2H]c1c([2H])c([2H])c(-c2cccc(-c3c([2H])c([2H])c([2H])c([2H])c3[2H])c2-n2c3c([2H])c([2H])c([2H])c([2H])c3c3c([2H])c([2H])c([2H])c(-n4c5c([2H])c([2H])c([2H])c([2H])c5c5c([2H])c([2H])c(-n6c7c([2H])c([2H])c([2H])c([2H])c7c7c([2H])c([2H])c([2H])c([2H])c76)c([2H])c54)c32)c([2H])c1[2H]. The van der Waals surface area contributed by atoms with Crippen LogP contribution < -0.4 is 0 Å². The smallest absolute Gasteiger partial charge is 0.0782 e. The molecule has 0 radical (unpaired) electrons. The Balaban J connectivity index is 1.45. The van der Waals surface area contributed by atoms with E-state index in [1.54, 1.807) is 0 Å². The number of rotatable bonds is 5. The molecule has 3 heterocycles. The summed E-state index contributed by atoms with van der Waals surface area (Å²) in [5.74, 6) is 0. The van der Waals surface area contributed by atoms with Crippen molar-refractivity contribution in [3.63, 3.8) is 0 Å². The van der Waals surface area contributed by atoms with E-state index in [0.29, 0.717) is 0 Å². The van der Waals surface area contributed by atoms with Crippen LogP contribution in [0.3, 0.4) is 0 Å². The van der Waals surface area contributed by atoms with Gasteiger partial charge in [0, 0.05) is 49.1 Å². The third kappa shape index (κ3) is 4.66. The first-order valence-electron chi connectivity index (χ1n) is 33.0. The van der Waals surface area contributed by atoms with E-state index in [0.717, 1.165) is 25.8 Å². The van der Waals surface area contributed by atoms with E-state index in [9.17, 15) is 21.9 Å². The van der Waals surface area contributed by atoms with Crippen LogP contribution in [0, 0.1) is 0 Å². The fourth-order valence-corrected chi connectivity index (χ4v) is 7.38.